The third-order valence-corrected chi connectivity index (χ3v) is 3.12. The third kappa shape index (κ3) is 2.69. The van der Waals surface area contributed by atoms with Crippen LogP contribution in [0.5, 0.6) is 0 Å². The van der Waals surface area contributed by atoms with Gasteiger partial charge in [-0.25, -0.2) is 4.79 Å². The van der Waals surface area contributed by atoms with Gasteiger partial charge in [0.25, 0.3) is 5.91 Å². The lowest BCUT2D eigenvalue weighted by Crippen LogP contribution is -2.44. The van der Waals surface area contributed by atoms with Crippen molar-refractivity contribution in [2.45, 2.75) is 0 Å². The highest BCUT2D eigenvalue weighted by molar-refractivity contribution is 6.10. The Kier molecular flexibility index (Phi) is 3.61. The molecule has 22 heavy (non-hydrogen) atoms. The number of nitrogens with one attached hydrogen (secondary N) is 1. The molecule has 0 unspecified atom stereocenters. The zero-order chi connectivity index (χ0) is 15.5. The number of ether oxygens (including phenoxy) is 1. The molecule has 1 aliphatic rings. The van der Waals surface area contributed by atoms with Crippen molar-refractivity contribution in [2.24, 2.45) is 0 Å². The number of fused-ring (bicyclic) bond motifs is 1. The summed E-state index contributed by atoms with van der Waals surface area (Å²) in [6.45, 7) is -0.588. The summed E-state index contributed by atoms with van der Waals surface area (Å²) in [5, 5.41) is 2.68. The second kappa shape index (κ2) is 5.72. The van der Waals surface area contributed by atoms with Crippen LogP contribution in [0.2, 0.25) is 0 Å². The standard InChI is InChI=1S/C15H12N2O5/c18-13-8-17(11-5-2-1-4-10(11)16-13)14(19)9-22-15(20)12-6-3-7-21-12/h1-7H,8-9H2,(H,16,18). The Morgan fingerprint density at radius 2 is 2.05 bits per heavy atom. The summed E-state index contributed by atoms with van der Waals surface area (Å²) in [6.07, 6.45) is 1.34. The molecule has 1 aromatic carbocycles. The van der Waals surface area contributed by atoms with Crippen molar-refractivity contribution in [1.82, 2.24) is 0 Å². The van der Waals surface area contributed by atoms with Crippen molar-refractivity contribution in [1.29, 1.82) is 0 Å². The molecule has 7 heteroatoms. The van der Waals surface area contributed by atoms with Crippen LogP contribution in [0.1, 0.15) is 10.6 Å². The number of para-hydroxylation sites is 2. The minimum Gasteiger partial charge on any atom is -0.457 e. The van der Waals surface area contributed by atoms with Gasteiger partial charge in [0.1, 0.15) is 6.54 Å². The summed E-state index contributed by atoms with van der Waals surface area (Å²) in [5.74, 6) is -1.50. The molecule has 1 aromatic heterocycles. The zero-order valence-electron chi connectivity index (χ0n) is 11.4. The van der Waals surface area contributed by atoms with Crippen LogP contribution in [0.25, 0.3) is 0 Å². The number of amides is 2. The van der Waals surface area contributed by atoms with E-state index in [1.807, 2.05) is 0 Å². The maximum absolute atomic E-state index is 12.2. The van der Waals surface area contributed by atoms with E-state index in [1.165, 1.54) is 17.2 Å². The van der Waals surface area contributed by atoms with Crippen LogP contribution in [-0.2, 0) is 14.3 Å². The first-order valence-electron chi connectivity index (χ1n) is 6.55. The van der Waals surface area contributed by atoms with Gasteiger partial charge >= 0.3 is 5.97 Å². The fraction of sp³-hybridized carbons (Fsp3) is 0.133. The van der Waals surface area contributed by atoms with E-state index in [0.717, 1.165) is 0 Å². The Bertz CT molecular complexity index is 723. The fourth-order valence-electron chi connectivity index (χ4n) is 2.13. The van der Waals surface area contributed by atoms with Gasteiger partial charge in [0.2, 0.25) is 11.7 Å². The first-order valence-corrected chi connectivity index (χ1v) is 6.55. The van der Waals surface area contributed by atoms with Gasteiger partial charge in [-0.2, -0.15) is 0 Å². The van der Waals surface area contributed by atoms with Crippen molar-refractivity contribution in [3.8, 4) is 0 Å². The van der Waals surface area contributed by atoms with E-state index in [0.29, 0.717) is 11.4 Å². The second-order valence-corrected chi connectivity index (χ2v) is 4.60. The molecule has 0 saturated heterocycles. The number of esters is 1. The van der Waals surface area contributed by atoms with Crippen LogP contribution in [0.4, 0.5) is 11.4 Å². The molecule has 2 aromatic rings. The van der Waals surface area contributed by atoms with Crippen LogP contribution in [0.3, 0.4) is 0 Å². The van der Waals surface area contributed by atoms with E-state index in [2.05, 4.69) is 5.32 Å². The predicted octanol–water partition coefficient (Wildman–Crippen LogP) is 1.42. The molecule has 2 amide bonds. The molecule has 0 spiro atoms. The third-order valence-electron chi connectivity index (χ3n) is 3.12. The molecule has 1 N–H and O–H groups in total. The Morgan fingerprint density at radius 3 is 2.82 bits per heavy atom. The Balaban J connectivity index is 1.70. The number of anilines is 2. The lowest BCUT2D eigenvalue weighted by atomic mass is 10.2. The van der Waals surface area contributed by atoms with Gasteiger partial charge in [-0.05, 0) is 24.3 Å². The number of hydrogen-bond acceptors (Lipinski definition) is 5. The van der Waals surface area contributed by atoms with Crippen molar-refractivity contribution < 1.29 is 23.5 Å². The number of furan rings is 1. The highest BCUT2D eigenvalue weighted by atomic mass is 16.5. The van der Waals surface area contributed by atoms with Gasteiger partial charge in [0, 0.05) is 0 Å². The predicted molar refractivity (Wildman–Crippen MR) is 76.4 cm³/mol. The molecule has 3 rings (SSSR count). The molecule has 1 aliphatic heterocycles. The first kappa shape index (κ1) is 13.9. The maximum Gasteiger partial charge on any atom is 0.374 e. The number of carbonyl (C=O) groups is 3. The molecule has 0 fully saturated rings. The summed E-state index contributed by atoms with van der Waals surface area (Å²) in [5.41, 5.74) is 1.12. The molecule has 0 saturated carbocycles. The Morgan fingerprint density at radius 1 is 1.23 bits per heavy atom. The highest BCUT2D eigenvalue weighted by Crippen LogP contribution is 2.28. The lowest BCUT2D eigenvalue weighted by molar-refractivity contribution is -0.124. The van der Waals surface area contributed by atoms with E-state index >= 15 is 0 Å². The van der Waals surface area contributed by atoms with E-state index in [4.69, 9.17) is 9.15 Å². The first-order chi connectivity index (χ1) is 10.6. The molecular weight excluding hydrogens is 288 g/mol. The smallest absolute Gasteiger partial charge is 0.374 e. The Hall–Kier alpha value is -3.09. The fourth-order valence-corrected chi connectivity index (χ4v) is 2.13. The van der Waals surface area contributed by atoms with Gasteiger partial charge in [-0.15, -0.1) is 0 Å². The van der Waals surface area contributed by atoms with E-state index in [-0.39, 0.29) is 18.2 Å². The van der Waals surface area contributed by atoms with Crippen molar-refractivity contribution in [3.63, 3.8) is 0 Å². The summed E-state index contributed by atoms with van der Waals surface area (Å²) in [7, 11) is 0. The number of rotatable bonds is 3. The summed E-state index contributed by atoms with van der Waals surface area (Å²) in [4.78, 5) is 36.8. The monoisotopic (exact) mass is 300 g/mol. The molecule has 7 nitrogen and oxygen atoms in total. The Labute approximate surface area is 125 Å². The van der Waals surface area contributed by atoms with Crippen LogP contribution in [-0.4, -0.2) is 30.9 Å². The molecular formula is C15H12N2O5. The normalized spacial score (nSPS) is 13.3. The minimum absolute atomic E-state index is 0.0181. The zero-order valence-corrected chi connectivity index (χ0v) is 11.4. The average molecular weight is 300 g/mol. The molecule has 112 valence electrons. The van der Waals surface area contributed by atoms with Crippen molar-refractivity contribution >= 4 is 29.2 Å². The van der Waals surface area contributed by atoms with Gasteiger partial charge in [-0.3, -0.25) is 14.5 Å². The van der Waals surface area contributed by atoms with Crippen LogP contribution >= 0.6 is 0 Å². The summed E-state index contributed by atoms with van der Waals surface area (Å²) < 4.78 is 9.78. The lowest BCUT2D eigenvalue weighted by Gasteiger charge is -2.28. The SMILES string of the molecule is O=C1CN(C(=O)COC(=O)c2ccco2)c2ccccc2N1. The van der Waals surface area contributed by atoms with Gasteiger partial charge in [0.15, 0.2) is 6.61 Å². The van der Waals surface area contributed by atoms with Crippen LogP contribution in [0, 0.1) is 0 Å². The van der Waals surface area contributed by atoms with E-state index < -0.39 is 18.5 Å². The summed E-state index contributed by atoms with van der Waals surface area (Å²) in [6, 6.07) is 9.90. The largest absolute Gasteiger partial charge is 0.457 e. The van der Waals surface area contributed by atoms with Crippen molar-refractivity contribution in [2.75, 3.05) is 23.4 Å². The number of hydrogen-bond donors (Lipinski definition) is 1. The average Bonchev–Trinajstić information content (AvgIpc) is 3.06. The topological polar surface area (TPSA) is 88.8 Å². The van der Waals surface area contributed by atoms with Crippen molar-refractivity contribution in [3.05, 3.63) is 48.4 Å². The maximum atomic E-state index is 12.2. The van der Waals surface area contributed by atoms with Gasteiger partial charge < -0.3 is 14.5 Å². The van der Waals surface area contributed by atoms with E-state index in [1.54, 1.807) is 30.3 Å². The highest BCUT2D eigenvalue weighted by Gasteiger charge is 2.27. The molecule has 0 bridgehead atoms. The molecule has 0 aliphatic carbocycles. The minimum atomic E-state index is -0.729. The summed E-state index contributed by atoms with van der Waals surface area (Å²) >= 11 is 0. The van der Waals surface area contributed by atoms with Gasteiger partial charge in [-0.1, -0.05) is 12.1 Å². The molecule has 0 radical (unpaired) electrons. The number of benzene rings is 1. The van der Waals surface area contributed by atoms with Gasteiger partial charge in [0.05, 0.1) is 17.6 Å². The molecule has 0 atom stereocenters. The second-order valence-electron chi connectivity index (χ2n) is 4.60. The number of nitrogens with zero attached hydrogens (tertiary/aromatic N) is 1. The molecule has 2 heterocycles. The van der Waals surface area contributed by atoms with Crippen LogP contribution in [0.15, 0.2) is 47.1 Å². The number of carbonyl (C=O) groups excluding carboxylic acids is 3. The van der Waals surface area contributed by atoms with E-state index in [9.17, 15) is 14.4 Å². The van der Waals surface area contributed by atoms with Crippen LogP contribution < -0.4 is 10.2 Å². The quantitative estimate of drug-likeness (QED) is 0.866.